The number of aromatic nitrogens is 1. The van der Waals surface area contributed by atoms with E-state index in [1.807, 2.05) is 18.2 Å². The van der Waals surface area contributed by atoms with Gasteiger partial charge in [-0.05, 0) is 31.6 Å². The number of hydrogen-bond donors (Lipinski definition) is 2. The molecular weight excluding hydrogens is 200 g/mol. The Bertz CT molecular complexity index is 301. The molecule has 0 bridgehead atoms. The maximum Gasteiger partial charge on any atom is 0.140 e. The van der Waals surface area contributed by atoms with Crippen LogP contribution in [0.2, 0.25) is 0 Å². The second-order valence-electron chi connectivity index (χ2n) is 3.88. The molecule has 90 valence electrons. The number of anilines is 1. The Kier molecular flexibility index (Phi) is 5.82. The van der Waals surface area contributed by atoms with Crippen molar-refractivity contribution in [3.8, 4) is 0 Å². The van der Waals surface area contributed by atoms with E-state index in [-0.39, 0.29) is 0 Å². The molecule has 0 aliphatic rings. The van der Waals surface area contributed by atoms with Gasteiger partial charge in [0.05, 0.1) is 5.69 Å². The first-order chi connectivity index (χ1) is 7.80. The molecule has 4 nitrogen and oxygen atoms in total. The average Bonchev–Trinajstić information content (AvgIpc) is 2.34. The van der Waals surface area contributed by atoms with E-state index >= 15 is 0 Å². The zero-order chi connectivity index (χ0) is 11.8. The second-order valence-corrected chi connectivity index (χ2v) is 3.88. The van der Waals surface area contributed by atoms with Crippen LogP contribution in [-0.2, 0) is 6.54 Å². The minimum absolute atomic E-state index is 0.726. The standard InChI is InChI=1S/C12H22N4/c1-3-5-9-16(4-2)10-11-7-6-8-12(14-11)15-13/h6-8H,3-5,9-10,13H2,1-2H3,(H,14,15). The molecule has 4 heteroatoms. The van der Waals surface area contributed by atoms with Crippen molar-refractivity contribution in [1.29, 1.82) is 0 Å². The molecule has 1 rings (SSSR count). The van der Waals surface area contributed by atoms with Gasteiger partial charge in [-0.2, -0.15) is 0 Å². The number of rotatable bonds is 7. The van der Waals surface area contributed by atoms with Gasteiger partial charge in [-0.15, -0.1) is 0 Å². The number of hydrogen-bond acceptors (Lipinski definition) is 4. The first-order valence-corrected chi connectivity index (χ1v) is 5.95. The van der Waals surface area contributed by atoms with Gasteiger partial charge in [0.1, 0.15) is 5.82 Å². The maximum atomic E-state index is 5.34. The summed E-state index contributed by atoms with van der Waals surface area (Å²) in [4.78, 5) is 6.80. The van der Waals surface area contributed by atoms with Crippen molar-refractivity contribution in [3.05, 3.63) is 23.9 Å². The first kappa shape index (κ1) is 12.9. The minimum Gasteiger partial charge on any atom is -0.308 e. The molecule has 0 amide bonds. The highest BCUT2D eigenvalue weighted by Gasteiger charge is 2.04. The number of nitrogen functional groups attached to an aromatic ring is 1. The third-order valence-corrected chi connectivity index (χ3v) is 2.62. The Hall–Kier alpha value is -1.13. The Labute approximate surface area is 97.8 Å². The fourth-order valence-electron chi connectivity index (χ4n) is 1.61. The van der Waals surface area contributed by atoms with Crippen molar-refractivity contribution in [2.45, 2.75) is 33.2 Å². The zero-order valence-electron chi connectivity index (χ0n) is 10.2. The van der Waals surface area contributed by atoms with Gasteiger partial charge in [0.15, 0.2) is 0 Å². The molecule has 16 heavy (non-hydrogen) atoms. The Morgan fingerprint density at radius 3 is 2.81 bits per heavy atom. The molecule has 3 N–H and O–H groups in total. The van der Waals surface area contributed by atoms with Crippen LogP contribution >= 0.6 is 0 Å². The normalized spacial score (nSPS) is 10.8. The van der Waals surface area contributed by atoms with Crippen LogP contribution in [-0.4, -0.2) is 23.0 Å². The quantitative estimate of drug-likeness (QED) is 0.547. The molecule has 0 aromatic carbocycles. The smallest absolute Gasteiger partial charge is 0.140 e. The van der Waals surface area contributed by atoms with Crippen LogP contribution in [0.1, 0.15) is 32.4 Å². The molecule has 0 atom stereocenters. The number of nitrogens with two attached hydrogens (primary N) is 1. The summed E-state index contributed by atoms with van der Waals surface area (Å²) in [6, 6.07) is 5.88. The van der Waals surface area contributed by atoms with Crippen molar-refractivity contribution < 1.29 is 0 Å². The summed E-state index contributed by atoms with van der Waals surface area (Å²) < 4.78 is 0. The lowest BCUT2D eigenvalue weighted by Gasteiger charge is -2.19. The van der Waals surface area contributed by atoms with Crippen LogP contribution in [0.5, 0.6) is 0 Å². The Morgan fingerprint density at radius 1 is 1.38 bits per heavy atom. The molecule has 0 radical (unpaired) electrons. The fourth-order valence-corrected chi connectivity index (χ4v) is 1.61. The largest absolute Gasteiger partial charge is 0.308 e. The van der Waals surface area contributed by atoms with Crippen LogP contribution in [0.4, 0.5) is 5.82 Å². The lowest BCUT2D eigenvalue weighted by molar-refractivity contribution is 0.272. The molecule has 0 aliphatic carbocycles. The summed E-state index contributed by atoms with van der Waals surface area (Å²) in [5.41, 5.74) is 3.64. The van der Waals surface area contributed by atoms with Gasteiger partial charge in [0.25, 0.3) is 0 Å². The summed E-state index contributed by atoms with van der Waals surface area (Å²) in [6.45, 7) is 7.48. The highest BCUT2D eigenvalue weighted by molar-refractivity contribution is 5.33. The fraction of sp³-hybridized carbons (Fsp3) is 0.583. The van der Waals surface area contributed by atoms with E-state index in [0.717, 1.165) is 31.1 Å². The summed E-state index contributed by atoms with van der Waals surface area (Å²) in [5, 5.41) is 0. The van der Waals surface area contributed by atoms with Gasteiger partial charge >= 0.3 is 0 Å². The van der Waals surface area contributed by atoms with Gasteiger partial charge < -0.3 is 5.43 Å². The summed E-state index contributed by atoms with van der Waals surface area (Å²) in [7, 11) is 0. The van der Waals surface area contributed by atoms with E-state index in [9.17, 15) is 0 Å². The minimum atomic E-state index is 0.726. The van der Waals surface area contributed by atoms with E-state index in [1.54, 1.807) is 0 Å². The van der Waals surface area contributed by atoms with Crippen molar-refractivity contribution in [1.82, 2.24) is 9.88 Å². The molecular formula is C12H22N4. The molecule has 1 aromatic heterocycles. The van der Waals surface area contributed by atoms with Gasteiger partial charge in [0.2, 0.25) is 0 Å². The Balaban J connectivity index is 2.55. The van der Waals surface area contributed by atoms with E-state index in [4.69, 9.17) is 5.84 Å². The SMILES string of the molecule is CCCCN(CC)Cc1cccc(NN)n1. The Morgan fingerprint density at radius 2 is 2.19 bits per heavy atom. The lowest BCUT2D eigenvalue weighted by atomic mass is 10.3. The molecule has 0 fully saturated rings. The van der Waals surface area contributed by atoms with E-state index in [2.05, 4.69) is 29.2 Å². The van der Waals surface area contributed by atoms with Crippen LogP contribution in [0.3, 0.4) is 0 Å². The summed E-state index contributed by atoms with van der Waals surface area (Å²) >= 11 is 0. The molecule has 0 saturated heterocycles. The van der Waals surface area contributed by atoms with Crippen molar-refractivity contribution in [2.75, 3.05) is 18.5 Å². The summed E-state index contributed by atoms with van der Waals surface area (Å²) in [5.74, 6) is 6.06. The van der Waals surface area contributed by atoms with Crippen molar-refractivity contribution in [3.63, 3.8) is 0 Å². The van der Waals surface area contributed by atoms with E-state index in [1.165, 1.54) is 12.8 Å². The number of nitrogens with one attached hydrogen (secondary N) is 1. The van der Waals surface area contributed by atoms with Crippen LogP contribution in [0.25, 0.3) is 0 Å². The second kappa shape index (κ2) is 7.19. The summed E-state index contributed by atoms with van der Waals surface area (Å²) in [6.07, 6.45) is 2.47. The van der Waals surface area contributed by atoms with E-state index in [0.29, 0.717) is 0 Å². The lowest BCUT2D eigenvalue weighted by Crippen LogP contribution is -2.24. The van der Waals surface area contributed by atoms with Crippen LogP contribution in [0.15, 0.2) is 18.2 Å². The number of unbranched alkanes of at least 4 members (excludes halogenated alkanes) is 1. The van der Waals surface area contributed by atoms with Gasteiger partial charge in [0, 0.05) is 6.54 Å². The first-order valence-electron chi connectivity index (χ1n) is 5.95. The van der Waals surface area contributed by atoms with E-state index < -0.39 is 0 Å². The molecule has 0 aliphatic heterocycles. The molecule has 1 aromatic rings. The topological polar surface area (TPSA) is 54.2 Å². The molecule has 0 saturated carbocycles. The van der Waals surface area contributed by atoms with Crippen molar-refractivity contribution in [2.24, 2.45) is 5.84 Å². The molecule has 0 unspecified atom stereocenters. The molecule has 0 spiro atoms. The third-order valence-electron chi connectivity index (χ3n) is 2.62. The van der Waals surface area contributed by atoms with Crippen molar-refractivity contribution >= 4 is 5.82 Å². The van der Waals surface area contributed by atoms with Gasteiger partial charge in [-0.1, -0.05) is 26.3 Å². The highest BCUT2D eigenvalue weighted by atomic mass is 15.3. The highest BCUT2D eigenvalue weighted by Crippen LogP contribution is 2.07. The molecule has 1 heterocycles. The predicted octanol–water partition coefficient (Wildman–Crippen LogP) is 1.99. The average molecular weight is 222 g/mol. The number of pyridine rings is 1. The monoisotopic (exact) mass is 222 g/mol. The number of nitrogens with zero attached hydrogens (tertiary/aromatic N) is 2. The van der Waals surface area contributed by atoms with Gasteiger partial charge in [-0.25, -0.2) is 10.8 Å². The van der Waals surface area contributed by atoms with Crippen LogP contribution in [0, 0.1) is 0 Å². The predicted molar refractivity (Wildman–Crippen MR) is 67.9 cm³/mol. The zero-order valence-corrected chi connectivity index (χ0v) is 10.2. The van der Waals surface area contributed by atoms with Gasteiger partial charge in [-0.3, -0.25) is 4.90 Å². The maximum absolute atomic E-state index is 5.34. The number of hydrazine groups is 1. The third kappa shape index (κ3) is 4.16. The van der Waals surface area contributed by atoms with Crippen LogP contribution < -0.4 is 11.3 Å².